The zero-order valence-corrected chi connectivity index (χ0v) is 14.3. The molecule has 0 fully saturated rings. The van der Waals surface area contributed by atoms with Crippen molar-refractivity contribution in [1.29, 1.82) is 0 Å². The molecule has 5 heteroatoms. The monoisotopic (exact) mass is 306 g/mol. The number of aryl methyl sites for hydroxylation is 2. The highest BCUT2D eigenvalue weighted by Crippen LogP contribution is 2.32. The second-order valence-corrected chi connectivity index (χ2v) is 7.58. The molecule has 2 heterocycles. The molecule has 116 valence electrons. The molecule has 2 aromatic heterocycles. The van der Waals surface area contributed by atoms with E-state index >= 15 is 0 Å². The first-order valence-electron chi connectivity index (χ1n) is 7.55. The van der Waals surface area contributed by atoms with Crippen LogP contribution in [0.15, 0.2) is 17.5 Å². The summed E-state index contributed by atoms with van der Waals surface area (Å²) < 4.78 is 1.91. The summed E-state index contributed by atoms with van der Waals surface area (Å²) >= 11 is 1.68. The first-order valence-corrected chi connectivity index (χ1v) is 8.43. The van der Waals surface area contributed by atoms with Crippen LogP contribution < -0.4 is 5.73 Å². The van der Waals surface area contributed by atoms with Gasteiger partial charge in [-0.15, -0.1) is 11.3 Å². The Morgan fingerprint density at radius 3 is 2.67 bits per heavy atom. The van der Waals surface area contributed by atoms with Crippen LogP contribution in [0.1, 0.15) is 39.4 Å². The van der Waals surface area contributed by atoms with Crippen LogP contribution in [-0.2, 0) is 13.5 Å². The summed E-state index contributed by atoms with van der Waals surface area (Å²) in [7, 11) is 1.98. The maximum atomic E-state index is 5.76. The van der Waals surface area contributed by atoms with Crippen molar-refractivity contribution in [3.63, 3.8) is 0 Å². The van der Waals surface area contributed by atoms with Crippen molar-refractivity contribution in [2.75, 3.05) is 6.54 Å². The Morgan fingerprint density at radius 2 is 2.10 bits per heavy atom. The van der Waals surface area contributed by atoms with Gasteiger partial charge in [0.15, 0.2) is 5.82 Å². The number of thiophene rings is 1. The molecule has 2 aromatic rings. The summed E-state index contributed by atoms with van der Waals surface area (Å²) in [6, 6.07) is 4.10. The SMILES string of the molecule is Cn1nc(-c2cccs2)nc1CCC(CCN)C(C)(C)C. The van der Waals surface area contributed by atoms with Gasteiger partial charge in [0.05, 0.1) is 4.88 Å². The maximum absolute atomic E-state index is 5.76. The van der Waals surface area contributed by atoms with Crippen molar-refractivity contribution in [2.24, 2.45) is 24.1 Å². The molecule has 0 aliphatic carbocycles. The Morgan fingerprint density at radius 1 is 1.33 bits per heavy atom. The van der Waals surface area contributed by atoms with E-state index in [0.29, 0.717) is 5.92 Å². The molecule has 4 nitrogen and oxygen atoms in total. The zero-order valence-electron chi connectivity index (χ0n) is 13.5. The maximum Gasteiger partial charge on any atom is 0.191 e. The number of aromatic nitrogens is 3. The molecule has 2 N–H and O–H groups in total. The van der Waals surface area contributed by atoms with Gasteiger partial charge in [0.2, 0.25) is 0 Å². The molecule has 2 rings (SSSR count). The predicted molar refractivity (Wildman–Crippen MR) is 89.3 cm³/mol. The molecule has 0 saturated heterocycles. The minimum atomic E-state index is 0.286. The molecule has 1 unspecified atom stereocenters. The Balaban J connectivity index is 2.06. The average Bonchev–Trinajstić information content (AvgIpc) is 3.02. The van der Waals surface area contributed by atoms with E-state index in [1.807, 2.05) is 17.8 Å². The average molecular weight is 306 g/mol. The van der Waals surface area contributed by atoms with Gasteiger partial charge in [-0.25, -0.2) is 4.98 Å². The van der Waals surface area contributed by atoms with Crippen LogP contribution in [0.4, 0.5) is 0 Å². The van der Waals surface area contributed by atoms with E-state index in [2.05, 4.69) is 37.3 Å². The van der Waals surface area contributed by atoms with Crippen LogP contribution in [0.2, 0.25) is 0 Å². The second kappa shape index (κ2) is 6.71. The Labute approximate surface area is 131 Å². The lowest BCUT2D eigenvalue weighted by Gasteiger charge is -2.30. The molecule has 1 atom stereocenters. The fourth-order valence-electron chi connectivity index (χ4n) is 2.66. The standard InChI is InChI=1S/C16H26N4S/c1-16(2,3)12(9-10-17)7-8-14-18-15(19-20(14)4)13-6-5-11-21-13/h5-6,11-12H,7-10,17H2,1-4H3. The van der Waals surface area contributed by atoms with E-state index in [1.54, 1.807) is 11.3 Å². The van der Waals surface area contributed by atoms with Crippen molar-refractivity contribution in [3.05, 3.63) is 23.3 Å². The van der Waals surface area contributed by atoms with Gasteiger partial charge >= 0.3 is 0 Å². The quantitative estimate of drug-likeness (QED) is 0.889. The van der Waals surface area contributed by atoms with E-state index in [1.165, 1.54) is 0 Å². The highest BCUT2D eigenvalue weighted by molar-refractivity contribution is 7.13. The number of nitrogens with zero attached hydrogens (tertiary/aromatic N) is 3. The van der Waals surface area contributed by atoms with Crippen molar-refractivity contribution in [1.82, 2.24) is 14.8 Å². The van der Waals surface area contributed by atoms with Crippen molar-refractivity contribution in [3.8, 4) is 10.7 Å². The lowest BCUT2D eigenvalue weighted by Crippen LogP contribution is -2.24. The largest absolute Gasteiger partial charge is 0.330 e. The molecular weight excluding hydrogens is 280 g/mol. The van der Waals surface area contributed by atoms with Crippen molar-refractivity contribution >= 4 is 11.3 Å². The molecule has 21 heavy (non-hydrogen) atoms. The summed E-state index contributed by atoms with van der Waals surface area (Å²) in [6.45, 7) is 7.63. The van der Waals surface area contributed by atoms with E-state index in [0.717, 1.165) is 42.3 Å². The van der Waals surface area contributed by atoms with Gasteiger partial charge in [-0.05, 0) is 42.2 Å². The second-order valence-electron chi connectivity index (χ2n) is 6.63. The Bertz CT molecular complexity index is 551. The van der Waals surface area contributed by atoms with Crippen LogP contribution in [0.25, 0.3) is 10.7 Å². The molecule has 0 saturated carbocycles. The summed E-state index contributed by atoms with van der Waals surface area (Å²) in [5.74, 6) is 2.52. The normalized spacial score (nSPS) is 13.6. The lowest BCUT2D eigenvalue weighted by molar-refractivity contribution is 0.213. The highest BCUT2D eigenvalue weighted by atomic mass is 32.1. The van der Waals surface area contributed by atoms with E-state index in [9.17, 15) is 0 Å². The molecule has 0 bridgehead atoms. The molecule has 0 spiro atoms. The third-order valence-corrected chi connectivity index (χ3v) is 4.92. The molecule has 0 aliphatic rings. The van der Waals surface area contributed by atoms with Crippen LogP contribution in [-0.4, -0.2) is 21.3 Å². The third kappa shape index (κ3) is 4.14. The Kier molecular flexibility index (Phi) is 5.17. The van der Waals surface area contributed by atoms with Crippen LogP contribution in [0, 0.1) is 11.3 Å². The van der Waals surface area contributed by atoms with Crippen molar-refractivity contribution in [2.45, 2.75) is 40.0 Å². The molecule has 0 aromatic carbocycles. The lowest BCUT2D eigenvalue weighted by atomic mass is 9.76. The van der Waals surface area contributed by atoms with Crippen LogP contribution >= 0.6 is 11.3 Å². The van der Waals surface area contributed by atoms with E-state index in [-0.39, 0.29) is 5.41 Å². The predicted octanol–water partition coefficient (Wildman–Crippen LogP) is 3.49. The van der Waals surface area contributed by atoms with Gasteiger partial charge in [0.25, 0.3) is 0 Å². The minimum absolute atomic E-state index is 0.286. The fourth-order valence-corrected chi connectivity index (χ4v) is 3.31. The number of rotatable bonds is 6. The van der Waals surface area contributed by atoms with Crippen LogP contribution in [0.5, 0.6) is 0 Å². The summed E-state index contributed by atoms with van der Waals surface area (Å²) in [6.07, 6.45) is 3.13. The topological polar surface area (TPSA) is 56.7 Å². The Hall–Kier alpha value is -1.20. The van der Waals surface area contributed by atoms with Crippen LogP contribution in [0.3, 0.4) is 0 Å². The van der Waals surface area contributed by atoms with Gasteiger partial charge in [0.1, 0.15) is 5.82 Å². The van der Waals surface area contributed by atoms with Gasteiger partial charge in [-0.2, -0.15) is 5.10 Å². The number of hydrogen-bond acceptors (Lipinski definition) is 4. The van der Waals surface area contributed by atoms with Gasteiger partial charge in [-0.3, -0.25) is 4.68 Å². The highest BCUT2D eigenvalue weighted by Gasteiger charge is 2.24. The molecule has 0 amide bonds. The molecule has 0 aliphatic heterocycles. The summed E-state index contributed by atoms with van der Waals surface area (Å²) in [5.41, 5.74) is 6.05. The summed E-state index contributed by atoms with van der Waals surface area (Å²) in [5, 5.41) is 6.59. The minimum Gasteiger partial charge on any atom is -0.330 e. The van der Waals surface area contributed by atoms with E-state index < -0.39 is 0 Å². The van der Waals surface area contributed by atoms with Gasteiger partial charge in [0, 0.05) is 13.5 Å². The molecular formula is C16H26N4S. The zero-order chi connectivity index (χ0) is 15.5. The van der Waals surface area contributed by atoms with E-state index in [4.69, 9.17) is 10.7 Å². The third-order valence-electron chi connectivity index (χ3n) is 4.05. The first kappa shape index (κ1) is 16.2. The number of hydrogen-bond donors (Lipinski definition) is 1. The smallest absolute Gasteiger partial charge is 0.191 e. The fraction of sp³-hybridized carbons (Fsp3) is 0.625. The number of nitrogens with two attached hydrogens (primary N) is 1. The van der Waals surface area contributed by atoms with Crippen molar-refractivity contribution < 1.29 is 0 Å². The molecule has 0 radical (unpaired) electrons. The van der Waals surface area contributed by atoms with Gasteiger partial charge in [-0.1, -0.05) is 26.8 Å². The first-order chi connectivity index (χ1) is 9.91. The van der Waals surface area contributed by atoms with Gasteiger partial charge < -0.3 is 5.73 Å². The summed E-state index contributed by atoms with van der Waals surface area (Å²) in [4.78, 5) is 5.83.